The van der Waals surface area contributed by atoms with Crippen LogP contribution in [0.5, 0.6) is 0 Å². The number of benzene rings is 1. The first-order valence-corrected chi connectivity index (χ1v) is 12.6. The number of hydrogen-bond donors (Lipinski definition) is 0. The highest BCUT2D eigenvalue weighted by Gasteiger charge is 2.30. The molecule has 0 spiro atoms. The van der Waals surface area contributed by atoms with E-state index >= 15 is 0 Å². The summed E-state index contributed by atoms with van der Waals surface area (Å²) >= 11 is 1.83. The lowest BCUT2D eigenvalue weighted by Crippen LogP contribution is -2.42. The number of ether oxygens (including phenoxy) is 2. The molecule has 1 amide bonds. The van der Waals surface area contributed by atoms with E-state index in [1.807, 2.05) is 16.7 Å². The molecule has 3 heterocycles. The molecule has 4 rings (SSSR count). The highest BCUT2D eigenvalue weighted by Crippen LogP contribution is 2.29. The summed E-state index contributed by atoms with van der Waals surface area (Å²) in [5.74, 6) is 1.72. The van der Waals surface area contributed by atoms with Gasteiger partial charge in [0.15, 0.2) is 0 Å². The van der Waals surface area contributed by atoms with E-state index in [9.17, 15) is 13.2 Å². The van der Waals surface area contributed by atoms with E-state index in [4.69, 9.17) is 9.47 Å². The largest absolute Gasteiger partial charge is 0.379 e. The summed E-state index contributed by atoms with van der Waals surface area (Å²) in [6, 6.07) is 4.97. The van der Waals surface area contributed by atoms with Gasteiger partial charge >= 0.3 is 0 Å². The highest BCUT2D eigenvalue weighted by atomic mass is 32.2. The maximum absolute atomic E-state index is 13.3. The Morgan fingerprint density at radius 2 is 1.52 bits per heavy atom. The fraction of sp³-hybridized carbons (Fsp3) is 0.632. The van der Waals surface area contributed by atoms with Gasteiger partial charge < -0.3 is 19.3 Å². The third kappa shape index (κ3) is 4.56. The van der Waals surface area contributed by atoms with Gasteiger partial charge in [-0.2, -0.15) is 16.1 Å². The first-order valence-electron chi connectivity index (χ1n) is 9.99. The Balaban J connectivity index is 1.70. The van der Waals surface area contributed by atoms with Crippen LogP contribution in [-0.2, 0) is 19.5 Å². The number of nitrogens with zero attached hydrogens (tertiary/aromatic N) is 3. The molecular weight excluding hydrogens is 414 g/mol. The zero-order valence-electron chi connectivity index (χ0n) is 16.4. The van der Waals surface area contributed by atoms with Crippen LogP contribution in [-0.4, -0.2) is 101 Å². The number of rotatable bonds is 4. The fourth-order valence-electron chi connectivity index (χ4n) is 3.80. The first-order chi connectivity index (χ1) is 14.1. The van der Waals surface area contributed by atoms with Crippen LogP contribution in [0.3, 0.4) is 0 Å². The quantitative estimate of drug-likeness (QED) is 0.682. The van der Waals surface area contributed by atoms with Crippen molar-refractivity contribution in [1.29, 1.82) is 0 Å². The van der Waals surface area contributed by atoms with Crippen molar-refractivity contribution in [2.45, 2.75) is 4.90 Å². The predicted octanol–water partition coefficient (Wildman–Crippen LogP) is 0.733. The van der Waals surface area contributed by atoms with Gasteiger partial charge in [-0.15, -0.1) is 0 Å². The Morgan fingerprint density at radius 3 is 2.17 bits per heavy atom. The normalized spacial score (nSPS) is 21.9. The van der Waals surface area contributed by atoms with E-state index in [0.29, 0.717) is 71.3 Å². The lowest BCUT2D eigenvalue weighted by atomic mass is 10.1. The summed E-state index contributed by atoms with van der Waals surface area (Å²) in [7, 11) is -3.66. The van der Waals surface area contributed by atoms with Crippen LogP contribution in [0.25, 0.3) is 0 Å². The topological polar surface area (TPSA) is 79.4 Å². The van der Waals surface area contributed by atoms with E-state index in [0.717, 1.165) is 17.2 Å². The third-order valence-electron chi connectivity index (χ3n) is 5.46. The van der Waals surface area contributed by atoms with Gasteiger partial charge in [-0.25, -0.2) is 8.42 Å². The van der Waals surface area contributed by atoms with Crippen molar-refractivity contribution in [3.05, 3.63) is 23.8 Å². The minimum atomic E-state index is -3.66. The number of sulfonamides is 1. The molecule has 0 bridgehead atoms. The predicted molar refractivity (Wildman–Crippen MR) is 112 cm³/mol. The van der Waals surface area contributed by atoms with E-state index in [1.165, 1.54) is 4.31 Å². The number of carbonyl (C=O) groups is 1. The molecular formula is C19H27N3O5S2. The van der Waals surface area contributed by atoms with Crippen molar-refractivity contribution in [2.75, 3.05) is 82.1 Å². The molecule has 8 nitrogen and oxygen atoms in total. The molecule has 29 heavy (non-hydrogen) atoms. The Hall–Kier alpha value is -1.33. The molecule has 0 N–H and O–H groups in total. The molecule has 0 atom stereocenters. The van der Waals surface area contributed by atoms with Gasteiger partial charge in [-0.1, -0.05) is 0 Å². The molecule has 3 aliphatic heterocycles. The van der Waals surface area contributed by atoms with Crippen molar-refractivity contribution in [2.24, 2.45) is 0 Å². The van der Waals surface area contributed by atoms with Crippen LogP contribution < -0.4 is 4.90 Å². The minimum Gasteiger partial charge on any atom is -0.379 e. The van der Waals surface area contributed by atoms with E-state index < -0.39 is 10.0 Å². The van der Waals surface area contributed by atoms with Gasteiger partial charge in [0.25, 0.3) is 5.91 Å². The number of amides is 1. The number of morpholine rings is 2. The van der Waals surface area contributed by atoms with Gasteiger partial charge in [-0.05, 0) is 18.2 Å². The molecule has 3 aliphatic rings. The average Bonchev–Trinajstić information content (AvgIpc) is 2.80. The van der Waals surface area contributed by atoms with Crippen LogP contribution in [0.2, 0.25) is 0 Å². The second-order valence-electron chi connectivity index (χ2n) is 7.20. The SMILES string of the molecule is O=C(c1cc(S(=O)(=O)N2CCOCC2)ccc1N1CCOCC1)N1CCSCC1. The monoisotopic (exact) mass is 441 g/mol. The van der Waals surface area contributed by atoms with Gasteiger partial charge in [0, 0.05) is 56.5 Å². The Bertz CT molecular complexity index is 830. The highest BCUT2D eigenvalue weighted by molar-refractivity contribution is 7.99. The second-order valence-corrected chi connectivity index (χ2v) is 10.4. The molecule has 0 aliphatic carbocycles. The van der Waals surface area contributed by atoms with Crippen LogP contribution in [0, 0.1) is 0 Å². The lowest BCUT2D eigenvalue weighted by Gasteiger charge is -2.33. The molecule has 3 saturated heterocycles. The number of carbonyl (C=O) groups excluding carboxylic acids is 1. The van der Waals surface area contributed by atoms with Gasteiger partial charge in [-0.3, -0.25) is 4.79 Å². The Morgan fingerprint density at radius 1 is 0.897 bits per heavy atom. The molecule has 0 radical (unpaired) electrons. The minimum absolute atomic E-state index is 0.0918. The van der Waals surface area contributed by atoms with Gasteiger partial charge in [0.05, 0.1) is 36.9 Å². The van der Waals surface area contributed by atoms with E-state index in [2.05, 4.69) is 4.90 Å². The number of thioether (sulfide) groups is 1. The summed E-state index contributed by atoms with van der Waals surface area (Å²) in [4.78, 5) is 17.5. The standard InChI is InChI=1S/C19H27N3O5S2/c23-19(21-7-13-28-14-8-21)17-15-16(29(24,25)22-5-11-27-12-6-22)1-2-18(17)20-3-9-26-10-4-20/h1-2,15H,3-14H2. The molecule has 1 aromatic carbocycles. The summed E-state index contributed by atoms with van der Waals surface area (Å²) in [5, 5.41) is 0. The van der Waals surface area contributed by atoms with Crippen LogP contribution in [0.15, 0.2) is 23.1 Å². The average molecular weight is 442 g/mol. The fourth-order valence-corrected chi connectivity index (χ4v) is 6.14. The van der Waals surface area contributed by atoms with Crippen molar-refractivity contribution < 1.29 is 22.7 Å². The number of hydrogen-bond acceptors (Lipinski definition) is 7. The molecule has 0 aromatic heterocycles. The smallest absolute Gasteiger partial charge is 0.256 e. The molecule has 0 saturated carbocycles. The maximum Gasteiger partial charge on any atom is 0.256 e. The van der Waals surface area contributed by atoms with Crippen molar-refractivity contribution in [3.63, 3.8) is 0 Å². The van der Waals surface area contributed by atoms with Crippen LogP contribution in [0.4, 0.5) is 5.69 Å². The first kappa shape index (κ1) is 20.9. The van der Waals surface area contributed by atoms with Crippen LogP contribution in [0.1, 0.15) is 10.4 Å². The molecule has 3 fully saturated rings. The van der Waals surface area contributed by atoms with Crippen molar-refractivity contribution >= 4 is 33.4 Å². The molecule has 160 valence electrons. The van der Waals surface area contributed by atoms with E-state index in [1.54, 1.807) is 18.2 Å². The summed E-state index contributed by atoms with van der Waals surface area (Å²) in [6.45, 7) is 5.39. The molecule has 10 heteroatoms. The third-order valence-corrected chi connectivity index (χ3v) is 8.29. The van der Waals surface area contributed by atoms with Crippen molar-refractivity contribution in [1.82, 2.24) is 9.21 Å². The van der Waals surface area contributed by atoms with E-state index in [-0.39, 0.29) is 10.8 Å². The Kier molecular flexibility index (Phi) is 6.65. The van der Waals surface area contributed by atoms with Gasteiger partial charge in [0.1, 0.15) is 0 Å². The second kappa shape index (κ2) is 9.22. The lowest BCUT2D eigenvalue weighted by molar-refractivity contribution is 0.0730. The summed E-state index contributed by atoms with van der Waals surface area (Å²) in [6.07, 6.45) is 0. The van der Waals surface area contributed by atoms with Gasteiger partial charge in [0.2, 0.25) is 10.0 Å². The summed E-state index contributed by atoms with van der Waals surface area (Å²) < 4.78 is 38.4. The van der Waals surface area contributed by atoms with Crippen LogP contribution >= 0.6 is 11.8 Å². The molecule has 1 aromatic rings. The summed E-state index contributed by atoms with van der Waals surface area (Å²) in [5.41, 5.74) is 1.26. The zero-order valence-corrected chi connectivity index (χ0v) is 18.0. The zero-order chi connectivity index (χ0) is 20.3. The Labute approximate surface area is 176 Å². The maximum atomic E-state index is 13.3. The molecule has 0 unspecified atom stereocenters. The van der Waals surface area contributed by atoms with Crippen molar-refractivity contribution in [3.8, 4) is 0 Å². The number of anilines is 1.